The lowest BCUT2D eigenvalue weighted by molar-refractivity contribution is -0.136. The molecule has 0 bridgehead atoms. The van der Waals surface area contributed by atoms with E-state index in [1.165, 1.54) is 6.20 Å². The van der Waals surface area contributed by atoms with Crippen molar-refractivity contribution in [1.82, 2.24) is 34.5 Å². The number of hydrogen-bond acceptors (Lipinski definition) is 8. The van der Waals surface area contributed by atoms with Crippen LogP contribution in [0.1, 0.15) is 29.9 Å². The number of rotatable bonds is 4. The lowest BCUT2D eigenvalue weighted by Gasteiger charge is -2.60. The first-order chi connectivity index (χ1) is 18.2. The largest absolute Gasteiger partial charge is 0.347 e. The summed E-state index contributed by atoms with van der Waals surface area (Å²) in [6.45, 7) is 6.15. The molecule has 0 radical (unpaired) electrons. The van der Waals surface area contributed by atoms with Gasteiger partial charge in [-0.3, -0.25) is 14.3 Å². The standard InChI is InChI=1S/C26H29ClFN9O/c1-16-19(28)9-29-23(30-16)34-12-25(13-34)14-35(15-25)24-32-31-21-11-36(26(6-7-26)22(38)33(2)3)10-17-8-18(27)4-5-20(17)37(21)24/h4-5,8-9H,6-7,10-15H2,1-3H3. The summed E-state index contributed by atoms with van der Waals surface area (Å²) in [5.41, 5.74) is 2.07. The Morgan fingerprint density at radius 1 is 1.08 bits per heavy atom. The number of carbonyl (C=O) groups is 1. The van der Waals surface area contributed by atoms with Gasteiger partial charge in [0, 0.05) is 57.3 Å². The van der Waals surface area contributed by atoms with Crippen molar-refractivity contribution in [3.05, 3.63) is 52.3 Å². The van der Waals surface area contributed by atoms with Gasteiger partial charge in [-0.15, -0.1) is 10.2 Å². The molecule has 3 aliphatic heterocycles. The fourth-order valence-electron chi connectivity index (χ4n) is 6.30. The van der Waals surface area contributed by atoms with Gasteiger partial charge in [0.15, 0.2) is 11.6 Å². The first kappa shape index (κ1) is 23.8. The number of fused-ring (bicyclic) bond motifs is 3. The van der Waals surface area contributed by atoms with Crippen LogP contribution >= 0.6 is 11.6 Å². The van der Waals surface area contributed by atoms with E-state index < -0.39 is 5.54 Å². The zero-order valence-corrected chi connectivity index (χ0v) is 22.4. The number of amides is 1. The average Bonchev–Trinajstić information content (AvgIpc) is 3.57. The maximum absolute atomic E-state index is 13.6. The molecule has 1 saturated carbocycles. The van der Waals surface area contributed by atoms with Gasteiger partial charge in [-0.05, 0) is 43.5 Å². The Morgan fingerprint density at radius 3 is 2.50 bits per heavy atom. The molecular formula is C26H29ClFN9O. The number of aryl methyl sites for hydroxylation is 1. The van der Waals surface area contributed by atoms with Gasteiger partial charge < -0.3 is 14.7 Å². The number of nitrogens with zero attached hydrogens (tertiary/aromatic N) is 9. The number of anilines is 2. The number of aromatic nitrogens is 5. The van der Waals surface area contributed by atoms with Gasteiger partial charge >= 0.3 is 0 Å². The maximum Gasteiger partial charge on any atom is 0.242 e. The van der Waals surface area contributed by atoms with E-state index in [2.05, 4.69) is 39.4 Å². The Bertz CT molecular complexity index is 1450. The minimum atomic E-state index is -0.499. The van der Waals surface area contributed by atoms with Gasteiger partial charge in [0.25, 0.3) is 0 Å². The molecule has 198 valence electrons. The highest BCUT2D eigenvalue weighted by molar-refractivity contribution is 6.30. The Balaban J connectivity index is 1.15. The summed E-state index contributed by atoms with van der Waals surface area (Å²) >= 11 is 6.43. The number of hydrogen-bond donors (Lipinski definition) is 0. The molecule has 4 aliphatic rings. The molecule has 1 aromatic carbocycles. The molecular weight excluding hydrogens is 509 g/mol. The maximum atomic E-state index is 13.6. The van der Waals surface area contributed by atoms with Crippen LogP contribution in [0.4, 0.5) is 16.3 Å². The number of benzene rings is 1. The van der Waals surface area contributed by atoms with E-state index >= 15 is 0 Å². The van der Waals surface area contributed by atoms with Gasteiger partial charge in [0.05, 0.1) is 24.1 Å². The van der Waals surface area contributed by atoms with Crippen LogP contribution in [0.5, 0.6) is 0 Å². The van der Waals surface area contributed by atoms with Crippen molar-refractivity contribution in [3.8, 4) is 5.69 Å². The lowest BCUT2D eigenvalue weighted by Crippen LogP contribution is -2.73. The summed E-state index contributed by atoms with van der Waals surface area (Å²) in [6, 6.07) is 5.92. The molecule has 1 amide bonds. The topological polar surface area (TPSA) is 86.5 Å². The molecule has 38 heavy (non-hydrogen) atoms. The smallest absolute Gasteiger partial charge is 0.242 e. The molecule has 0 unspecified atom stereocenters. The van der Waals surface area contributed by atoms with Crippen LogP contribution in [0, 0.1) is 18.2 Å². The third-order valence-corrected chi connectivity index (χ3v) is 8.63. The van der Waals surface area contributed by atoms with E-state index in [4.69, 9.17) is 11.6 Å². The highest BCUT2D eigenvalue weighted by Gasteiger charge is 2.57. The zero-order valence-electron chi connectivity index (χ0n) is 21.7. The average molecular weight is 538 g/mol. The second kappa shape index (κ2) is 8.09. The van der Waals surface area contributed by atoms with Crippen molar-refractivity contribution in [2.75, 3.05) is 50.1 Å². The zero-order chi connectivity index (χ0) is 26.4. The number of carbonyl (C=O) groups excluding carboxylic acids is 1. The fourth-order valence-corrected chi connectivity index (χ4v) is 6.49. The second-order valence-corrected chi connectivity index (χ2v) is 11.9. The van der Waals surface area contributed by atoms with E-state index in [0.717, 1.165) is 62.0 Å². The summed E-state index contributed by atoms with van der Waals surface area (Å²) in [5, 5.41) is 9.91. The van der Waals surface area contributed by atoms with E-state index in [1.54, 1.807) is 11.8 Å². The van der Waals surface area contributed by atoms with Crippen molar-refractivity contribution in [2.45, 2.75) is 38.4 Å². The van der Waals surface area contributed by atoms with Crippen LogP contribution in [0.15, 0.2) is 24.4 Å². The second-order valence-electron chi connectivity index (χ2n) is 11.4. The summed E-state index contributed by atoms with van der Waals surface area (Å²) in [6.07, 6.45) is 2.92. The van der Waals surface area contributed by atoms with E-state index in [-0.39, 0.29) is 17.1 Å². The van der Waals surface area contributed by atoms with E-state index in [9.17, 15) is 9.18 Å². The first-order valence-corrected chi connectivity index (χ1v) is 13.2. The summed E-state index contributed by atoms with van der Waals surface area (Å²) in [7, 11) is 3.63. The first-order valence-electron chi connectivity index (χ1n) is 12.9. The molecule has 5 heterocycles. The monoisotopic (exact) mass is 537 g/mol. The molecule has 2 aromatic heterocycles. The molecule has 2 saturated heterocycles. The summed E-state index contributed by atoms with van der Waals surface area (Å²) in [5.74, 6) is 1.97. The van der Waals surface area contributed by atoms with Crippen molar-refractivity contribution in [2.24, 2.45) is 5.41 Å². The third-order valence-electron chi connectivity index (χ3n) is 8.40. The summed E-state index contributed by atoms with van der Waals surface area (Å²) < 4.78 is 15.7. The Morgan fingerprint density at radius 2 is 1.82 bits per heavy atom. The minimum absolute atomic E-state index is 0.133. The minimum Gasteiger partial charge on any atom is -0.347 e. The number of likely N-dealkylation sites (N-methyl/N-ethyl adjacent to an activating group) is 1. The van der Waals surface area contributed by atoms with Crippen LogP contribution in [-0.2, 0) is 17.9 Å². The normalized spacial score (nSPS) is 20.8. The predicted octanol–water partition coefficient (Wildman–Crippen LogP) is 2.42. The third kappa shape index (κ3) is 3.51. The highest BCUT2D eigenvalue weighted by atomic mass is 35.5. The van der Waals surface area contributed by atoms with Gasteiger partial charge in [0.2, 0.25) is 17.8 Å². The SMILES string of the molecule is Cc1nc(N2CC3(C2)CN(c2nnc4n2-c2ccc(Cl)cc2CN(C2(C(=O)N(C)C)CC2)C4)C3)ncc1F. The van der Waals surface area contributed by atoms with E-state index in [0.29, 0.717) is 29.8 Å². The van der Waals surface area contributed by atoms with Gasteiger partial charge in [-0.1, -0.05) is 11.6 Å². The Kier molecular flexibility index (Phi) is 5.07. The lowest BCUT2D eigenvalue weighted by atomic mass is 9.73. The predicted molar refractivity (Wildman–Crippen MR) is 140 cm³/mol. The van der Waals surface area contributed by atoms with Crippen LogP contribution in [0.3, 0.4) is 0 Å². The van der Waals surface area contributed by atoms with Crippen LogP contribution < -0.4 is 9.80 Å². The van der Waals surface area contributed by atoms with Crippen LogP contribution in [0.25, 0.3) is 5.69 Å². The molecule has 1 spiro atoms. The summed E-state index contributed by atoms with van der Waals surface area (Å²) in [4.78, 5) is 29.9. The molecule has 3 aromatic rings. The van der Waals surface area contributed by atoms with Crippen molar-refractivity contribution >= 4 is 29.4 Å². The van der Waals surface area contributed by atoms with E-state index in [1.807, 2.05) is 32.3 Å². The van der Waals surface area contributed by atoms with Gasteiger partial charge in [0.1, 0.15) is 5.54 Å². The Hall–Kier alpha value is -3.31. The van der Waals surface area contributed by atoms with Crippen molar-refractivity contribution in [1.29, 1.82) is 0 Å². The molecule has 12 heteroatoms. The molecule has 1 aliphatic carbocycles. The van der Waals surface area contributed by atoms with Crippen LogP contribution in [-0.4, -0.2) is 86.3 Å². The van der Waals surface area contributed by atoms with Crippen LogP contribution in [0.2, 0.25) is 5.02 Å². The van der Waals surface area contributed by atoms with Gasteiger partial charge in [-0.25, -0.2) is 14.4 Å². The molecule has 0 atom stereocenters. The van der Waals surface area contributed by atoms with Gasteiger partial charge in [-0.2, -0.15) is 0 Å². The quantitative estimate of drug-likeness (QED) is 0.501. The molecule has 7 rings (SSSR count). The molecule has 10 nitrogen and oxygen atoms in total. The highest BCUT2D eigenvalue weighted by Crippen LogP contribution is 2.47. The molecule has 3 fully saturated rings. The number of halogens is 2. The van der Waals surface area contributed by atoms with Crippen molar-refractivity contribution < 1.29 is 9.18 Å². The Labute approximate surface area is 225 Å². The van der Waals surface area contributed by atoms with Crippen molar-refractivity contribution in [3.63, 3.8) is 0 Å². The fraction of sp³-hybridized carbons (Fsp3) is 0.500. The molecule has 0 N–H and O–H groups in total.